The van der Waals surface area contributed by atoms with E-state index >= 15 is 0 Å². The summed E-state index contributed by atoms with van der Waals surface area (Å²) in [5.41, 5.74) is 0.543. The molecule has 1 heterocycles. The maximum Gasteiger partial charge on any atom is 0.182 e. The minimum Gasteiger partial charge on any atom is -0.464 e. The lowest BCUT2D eigenvalue weighted by atomic mass is 10.0. The van der Waals surface area contributed by atoms with Gasteiger partial charge in [-0.1, -0.05) is 0 Å². The summed E-state index contributed by atoms with van der Waals surface area (Å²) in [4.78, 5) is 11.8. The lowest BCUT2D eigenvalue weighted by molar-refractivity contribution is 0.0951. The molecule has 84 valence electrons. The van der Waals surface area contributed by atoms with Crippen molar-refractivity contribution in [1.82, 2.24) is 5.32 Å². The molecule has 4 heteroatoms. The summed E-state index contributed by atoms with van der Waals surface area (Å²) in [5, 5.41) is 3.13. The van der Waals surface area contributed by atoms with Gasteiger partial charge in [-0.05, 0) is 32.2 Å². The molecular weight excluding hydrogens is 209 g/mol. The number of benzene rings is 1. The summed E-state index contributed by atoms with van der Waals surface area (Å²) in [5.74, 6) is -0.776. The molecule has 0 fully saturated rings. The fourth-order valence-corrected chi connectivity index (χ4v) is 1.56. The number of carbonyl (C=O) groups excluding carboxylic acids is 1. The number of hydrogen-bond donors (Lipinski definition) is 1. The molecule has 0 bridgehead atoms. The van der Waals surface area contributed by atoms with Crippen LogP contribution in [0.1, 0.15) is 17.3 Å². The Morgan fingerprint density at radius 1 is 1.44 bits per heavy atom. The maximum atomic E-state index is 13.9. The Bertz CT molecular complexity index is 533. The summed E-state index contributed by atoms with van der Waals surface area (Å²) < 4.78 is 19.0. The second-order valence-corrected chi connectivity index (χ2v) is 3.63. The van der Waals surface area contributed by atoms with Gasteiger partial charge in [-0.3, -0.25) is 4.79 Å². The van der Waals surface area contributed by atoms with Gasteiger partial charge in [0.2, 0.25) is 0 Å². The highest BCUT2D eigenvalue weighted by Gasteiger charge is 2.19. The summed E-state index contributed by atoms with van der Waals surface area (Å²) in [6.07, 6.45) is 1.41. The smallest absolute Gasteiger partial charge is 0.182 e. The molecule has 2 rings (SSSR count). The van der Waals surface area contributed by atoms with E-state index in [2.05, 4.69) is 5.32 Å². The number of fused-ring (bicyclic) bond motifs is 1. The number of hydrogen-bond acceptors (Lipinski definition) is 3. The Kier molecular flexibility index (Phi) is 2.75. The summed E-state index contributed by atoms with van der Waals surface area (Å²) in [7, 11) is 1.66. The zero-order valence-corrected chi connectivity index (χ0v) is 9.08. The third kappa shape index (κ3) is 1.61. The van der Waals surface area contributed by atoms with Crippen molar-refractivity contribution in [2.45, 2.75) is 13.0 Å². The monoisotopic (exact) mass is 221 g/mol. The molecule has 1 atom stereocenters. The van der Waals surface area contributed by atoms with Gasteiger partial charge in [0.15, 0.2) is 5.78 Å². The lowest BCUT2D eigenvalue weighted by Gasteiger charge is -2.09. The fourth-order valence-electron chi connectivity index (χ4n) is 1.56. The van der Waals surface area contributed by atoms with Crippen LogP contribution in [0.15, 0.2) is 28.9 Å². The molecule has 0 spiro atoms. The minimum absolute atomic E-state index is 0.0933. The average molecular weight is 221 g/mol. The van der Waals surface area contributed by atoms with Crippen LogP contribution >= 0.6 is 0 Å². The van der Waals surface area contributed by atoms with Crippen LogP contribution in [-0.4, -0.2) is 18.9 Å². The van der Waals surface area contributed by atoms with Gasteiger partial charge in [-0.25, -0.2) is 4.39 Å². The van der Waals surface area contributed by atoms with E-state index in [9.17, 15) is 9.18 Å². The molecule has 16 heavy (non-hydrogen) atoms. The van der Waals surface area contributed by atoms with Crippen molar-refractivity contribution in [3.8, 4) is 0 Å². The molecule has 3 nitrogen and oxygen atoms in total. The number of carbonyl (C=O) groups is 1. The number of furan rings is 1. The summed E-state index contributed by atoms with van der Waals surface area (Å²) in [6, 6.07) is 4.18. The molecular formula is C12H12FNO2. The Balaban J connectivity index is 2.52. The first-order valence-corrected chi connectivity index (χ1v) is 5.02. The molecule has 0 saturated heterocycles. The van der Waals surface area contributed by atoms with Crippen molar-refractivity contribution in [2.75, 3.05) is 7.05 Å². The van der Waals surface area contributed by atoms with E-state index in [1.807, 2.05) is 0 Å². The molecule has 0 saturated carbocycles. The molecule has 2 aromatic rings. The van der Waals surface area contributed by atoms with Crippen LogP contribution in [0.3, 0.4) is 0 Å². The molecule has 0 aliphatic heterocycles. The van der Waals surface area contributed by atoms with Crippen LogP contribution in [0.2, 0.25) is 0 Å². The number of halogens is 1. The third-order valence-corrected chi connectivity index (χ3v) is 2.66. The molecule has 0 aliphatic rings. The van der Waals surface area contributed by atoms with E-state index in [1.54, 1.807) is 20.0 Å². The van der Waals surface area contributed by atoms with Gasteiger partial charge >= 0.3 is 0 Å². The number of Topliss-reactive ketones (excluding diaryl/α,β-unsaturated/α-hetero) is 1. The van der Waals surface area contributed by atoms with Crippen molar-refractivity contribution in [1.29, 1.82) is 0 Å². The maximum absolute atomic E-state index is 13.9. The molecule has 0 aliphatic carbocycles. The first-order valence-electron chi connectivity index (χ1n) is 5.02. The highest BCUT2D eigenvalue weighted by Crippen LogP contribution is 2.22. The summed E-state index contributed by atoms with van der Waals surface area (Å²) >= 11 is 0. The topological polar surface area (TPSA) is 42.2 Å². The predicted molar refractivity (Wildman–Crippen MR) is 59.0 cm³/mol. The van der Waals surface area contributed by atoms with Gasteiger partial charge in [0, 0.05) is 0 Å². The normalized spacial score (nSPS) is 12.9. The van der Waals surface area contributed by atoms with Crippen molar-refractivity contribution >= 4 is 16.8 Å². The fraction of sp³-hybridized carbons (Fsp3) is 0.250. The predicted octanol–water partition coefficient (Wildman–Crippen LogP) is 2.36. The molecule has 0 unspecified atom stereocenters. The van der Waals surface area contributed by atoms with E-state index in [1.165, 1.54) is 18.4 Å². The zero-order valence-electron chi connectivity index (χ0n) is 9.08. The Labute approximate surface area is 92.2 Å². The van der Waals surface area contributed by atoms with Gasteiger partial charge in [-0.2, -0.15) is 0 Å². The number of likely N-dealkylation sites (N-methyl/N-ethyl adjacent to an activating group) is 1. The van der Waals surface area contributed by atoms with Gasteiger partial charge < -0.3 is 9.73 Å². The first-order chi connectivity index (χ1) is 7.65. The van der Waals surface area contributed by atoms with Crippen LogP contribution in [0.25, 0.3) is 11.0 Å². The van der Waals surface area contributed by atoms with E-state index in [0.29, 0.717) is 11.0 Å². The van der Waals surface area contributed by atoms with E-state index in [4.69, 9.17) is 4.42 Å². The highest BCUT2D eigenvalue weighted by molar-refractivity contribution is 6.02. The third-order valence-electron chi connectivity index (χ3n) is 2.66. The number of ketones is 1. The van der Waals surface area contributed by atoms with Crippen molar-refractivity contribution in [3.05, 3.63) is 35.8 Å². The van der Waals surface area contributed by atoms with Gasteiger partial charge in [0.05, 0.1) is 23.3 Å². The van der Waals surface area contributed by atoms with E-state index in [0.717, 1.165) is 0 Å². The van der Waals surface area contributed by atoms with Crippen molar-refractivity contribution in [2.24, 2.45) is 0 Å². The molecule has 1 aromatic carbocycles. The molecule has 0 radical (unpaired) electrons. The minimum atomic E-state index is -0.515. The quantitative estimate of drug-likeness (QED) is 0.809. The van der Waals surface area contributed by atoms with Crippen LogP contribution in [0, 0.1) is 5.82 Å². The van der Waals surface area contributed by atoms with E-state index < -0.39 is 11.9 Å². The largest absolute Gasteiger partial charge is 0.464 e. The molecule has 0 amide bonds. The second-order valence-electron chi connectivity index (χ2n) is 3.63. The average Bonchev–Trinajstić information content (AvgIpc) is 2.76. The Morgan fingerprint density at radius 3 is 2.88 bits per heavy atom. The Morgan fingerprint density at radius 2 is 2.19 bits per heavy atom. The van der Waals surface area contributed by atoms with Crippen LogP contribution in [0.5, 0.6) is 0 Å². The zero-order chi connectivity index (χ0) is 11.7. The summed E-state index contributed by atoms with van der Waals surface area (Å²) in [6.45, 7) is 1.70. The van der Waals surface area contributed by atoms with Gasteiger partial charge in [0.1, 0.15) is 11.4 Å². The van der Waals surface area contributed by atoms with Crippen molar-refractivity contribution in [3.63, 3.8) is 0 Å². The molecule has 1 N–H and O–H groups in total. The van der Waals surface area contributed by atoms with Gasteiger partial charge in [0.25, 0.3) is 0 Å². The van der Waals surface area contributed by atoms with Crippen molar-refractivity contribution < 1.29 is 13.6 Å². The molecule has 1 aromatic heterocycles. The number of nitrogens with one attached hydrogen (secondary N) is 1. The lowest BCUT2D eigenvalue weighted by Crippen LogP contribution is -2.31. The van der Waals surface area contributed by atoms with Crippen LogP contribution in [-0.2, 0) is 0 Å². The number of rotatable bonds is 3. The van der Waals surface area contributed by atoms with E-state index in [-0.39, 0.29) is 11.3 Å². The highest BCUT2D eigenvalue weighted by atomic mass is 19.1. The standard InChI is InChI=1S/C12H12FNO2/c1-7(14-2)12(15)9-3-4-10-8(11(9)13)5-6-16-10/h3-7,14H,1-2H3/t7-/m0/s1. The SMILES string of the molecule is CN[C@@H](C)C(=O)c1ccc2occc2c1F. The van der Waals surface area contributed by atoms with Gasteiger partial charge in [-0.15, -0.1) is 0 Å². The first kappa shape index (κ1) is 10.8. The van der Waals surface area contributed by atoms with Crippen LogP contribution < -0.4 is 5.32 Å². The Hall–Kier alpha value is -1.68. The second kappa shape index (κ2) is 4.06. The van der Waals surface area contributed by atoms with Crippen LogP contribution in [0.4, 0.5) is 4.39 Å².